The first-order valence-corrected chi connectivity index (χ1v) is 5.52. The highest BCUT2D eigenvalue weighted by Gasteiger charge is 2.16. The van der Waals surface area contributed by atoms with Gasteiger partial charge in [0.25, 0.3) is 0 Å². The molecular formula is C13H14O4. The fourth-order valence-electron chi connectivity index (χ4n) is 1.71. The summed E-state index contributed by atoms with van der Waals surface area (Å²) in [5.74, 6) is -0.317. The Bertz CT molecular complexity index is 554. The van der Waals surface area contributed by atoms with Crippen molar-refractivity contribution in [2.24, 2.45) is 0 Å². The van der Waals surface area contributed by atoms with Gasteiger partial charge in [0.05, 0.1) is 6.61 Å². The van der Waals surface area contributed by atoms with Gasteiger partial charge in [-0.2, -0.15) is 0 Å². The van der Waals surface area contributed by atoms with E-state index in [9.17, 15) is 4.79 Å². The number of aromatic carboxylic acids is 1. The smallest absolute Gasteiger partial charge is 0.372 e. The van der Waals surface area contributed by atoms with Crippen LogP contribution in [0.25, 0.3) is 11.0 Å². The number of rotatable bonds is 4. The predicted octanol–water partition coefficient (Wildman–Crippen LogP) is 3.23. The second kappa shape index (κ2) is 4.49. The minimum atomic E-state index is -1.05. The monoisotopic (exact) mass is 234 g/mol. The summed E-state index contributed by atoms with van der Waals surface area (Å²) in [5.41, 5.74) is 1.21. The lowest BCUT2D eigenvalue weighted by Gasteiger charge is -2.03. The van der Waals surface area contributed by atoms with Crippen LogP contribution in [0.5, 0.6) is 5.75 Å². The molecule has 0 spiro atoms. The average molecular weight is 234 g/mol. The Labute approximate surface area is 98.8 Å². The lowest BCUT2D eigenvalue weighted by Crippen LogP contribution is -1.95. The van der Waals surface area contributed by atoms with Gasteiger partial charge in [-0.05, 0) is 31.5 Å². The molecule has 0 unspecified atom stereocenters. The number of aryl methyl sites for hydroxylation is 1. The molecule has 2 rings (SSSR count). The molecule has 1 heterocycles. The lowest BCUT2D eigenvalue weighted by atomic mass is 10.1. The number of ether oxygens (including phenoxy) is 1. The van der Waals surface area contributed by atoms with Gasteiger partial charge in [-0.25, -0.2) is 4.79 Å². The third-order valence-electron chi connectivity index (χ3n) is 2.57. The zero-order chi connectivity index (χ0) is 12.4. The van der Waals surface area contributed by atoms with E-state index in [4.69, 9.17) is 14.3 Å². The summed E-state index contributed by atoms with van der Waals surface area (Å²) in [7, 11) is 0. The Morgan fingerprint density at radius 3 is 2.88 bits per heavy atom. The Kier molecular flexibility index (Phi) is 3.04. The van der Waals surface area contributed by atoms with Gasteiger partial charge >= 0.3 is 5.97 Å². The summed E-state index contributed by atoms with van der Waals surface area (Å²) in [4.78, 5) is 10.9. The van der Waals surface area contributed by atoms with Crippen molar-refractivity contribution in [3.05, 3.63) is 29.5 Å². The largest absolute Gasteiger partial charge is 0.494 e. The van der Waals surface area contributed by atoms with Gasteiger partial charge in [0, 0.05) is 10.9 Å². The molecule has 0 amide bonds. The zero-order valence-electron chi connectivity index (χ0n) is 9.82. The maximum Gasteiger partial charge on any atom is 0.372 e. The van der Waals surface area contributed by atoms with Crippen molar-refractivity contribution >= 4 is 16.9 Å². The second-order valence-corrected chi connectivity index (χ2v) is 3.87. The normalized spacial score (nSPS) is 10.7. The molecule has 0 atom stereocenters. The lowest BCUT2D eigenvalue weighted by molar-refractivity contribution is 0.0664. The molecule has 4 heteroatoms. The Balaban J connectivity index is 2.46. The highest BCUT2D eigenvalue weighted by molar-refractivity contribution is 5.95. The van der Waals surface area contributed by atoms with E-state index in [1.165, 1.54) is 0 Å². The Morgan fingerprint density at radius 2 is 2.24 bits per heavy atom. The van der Waals surface area contributed by atoms with Gasteiger partial charge < -0.3 is 14.3 Å². The van der Waals surface area contributed by atoms with E-state index in [2.05, 4.69) is 0 Å². The number of carbonyl (C=O) groups is 1. The van der Waals surface area contributed by atoms with E-state index in [-0.39, 0.29) is 5.76 Å². The highest BCUT2D eigenvalue weighted by atomic mass is 16.5. The van der Waals surface area contributed by atoms with Crippen LogP contribution in [-0.2, 0) is 0 Å². The van der Waals surface area contributed by atoms with Gasteiger partial charge in [-0.15, -0.1) is 0 Å². The van der Waals surface area contributed by atoms with Crippen molar-refractivity contribution < 1.29 is 19.1 Å². The van der Waals surface area contributed by atoms with Crippen LogP contribution in [0.1, 0.15) is 29.5 Å². The van der Waals surface area contributed by atoms with Crippen LogP contribution in [0.3, 0.4) is 0 Å². The van der Waals surface area contributed by atoms with E-state index in [0.29, 0.717) is 17.8 Å². The highest BCUT2D eigenvalue weighted by Crippen LogP contribution is 2.28. The maximum atomic E-state index is 10.9. The van der Waals surface area contributed by atoms with Crippen LogP contribution < -0.4 is 4.74 Å². The SMILES string of the molecule is CCCOc1ccc2oc(C(=O)O)c(C)c2c1. The standard InChI is InChI=1S/C13H14O4/c1-3-6-16-9-4-5-11-10(7-9)8(2)12(17-11)13(14)15/h4-5,7H,3,6H2,1-2H3,(H,14,15). The summed E-state index contributed by atoms with van der Waals surface area (Å²) >= 11 is 0. The summed E-state index contributed by atoms with van der Waals surface area (Å²) < 4.78 is 10.8. The molecule has 4 nitrogen and oxygen atoms in total. The molecule has 17 heavy (non-hydrogen) atoms. The molecule has 0 saturated carbocycles. The fourth-order valence-corrected chi connectivity index (χ4v) is 1.71. The number of benzene rings is 1. The fraction of sp³-hybridized carbons (Fsp3) is 0.308. The van der Waals surface area contributed by atoms with Gasteiger partial charge in [-0.3, -0.25) is 0 Å². The molecule has 2 aromatic rings. The Hall–Kier alpha value is -1.97. The van der Waals surface area contributed by atoms with E-state index < -0.39 is 5.97 Å². The quantitative estimate of drug-likeness (QED) is 0.882. The molecule has 0 aliphatic carbocycles. The number of furan rings is 1. The van der Waals surface area contributed by atoms with Crippen molar-refractivity contribution in [3.63, 3.8) is 0 Å². The van der Waals surface area contributed by atoms with Crippen LogP contribution in [0.15, 0.2) is 22.6 Å². The molecule has 0 fully saturated rings. The summed E-state index contributed by atoms with van der Waals surface area (Å²) in [5, 5.41) is 9.74. The van der Waals surface area contributed by atoms with Crippen LogP contribution in [0.2, 0.25) is 0 Å². The molecule has 1 N–H and O–H groups in total. The van der Waals surface area contributed by atoms with Crippen molar-refractivity contribution in [2.75, 3.05) is 6.61 Å². The van der Waals surface area contributed by atoms with E-state index in [0.717, 1.165) is 17.6 Å². The molecule has 1 aromatic heterocycles. The van der Waals surface area contributed by atoms with Gasteiger partial charge in [0.2, 0.25) is 5.76 Å². The van der Waals surface area contributed by atoms with Gasteiger partial charge in [0.1, 0.15) is 11.3 Å². The number of hydrogen-bond acceptors (Lipinski definition) is 3. The minimum absolute atomic E-state index is 0.00681. The predicted molar refractivity (Wildman–Crippen MR) is 63.7 cm³/mol. The van der Waals surface area contributed by atoms with Gasteiger partial charge in [-0.1, -0.05) is 6.92 Å². The van der Waals surface area contributed by atoms with E-state index in [1.54, 1.807) is 19.1 Å². The molecule has 0 saturated heterocycles. The summed E-state index contributed by atoms with van der Waals surface area (Å²) in [6, 6.07) is 5.34. The Morgan fingerprint density at radius 1 is 1.47 bits per heavy atom. The first kappa shape index (κ1) is 11.5. The molecule has 0 bridgehead atoms. The number of carboxylic acid groups (broad SMARTS) is 1. The summed E-state index contributed by atoms with van der Waals surface area (Å²) in [6.07, 6.45) is 0.933. The zero-order valence-corrected chi connectivity index (χ0v) is 9.82. The van der Waals surface area contributed by atoms with Crippen LogP contribution in [-0.4, -0.2) is 17.7 Å². The van der Waals surface area contributed by atoms with Crippen molar-refractivity contribution in [1.82, 2.24) is 0 Å². The number of carboxylic acids is 1. The molecule has 0 aliphatic heterocycles. The molecule has 1 aromatic carbocycles. The number of fused-ring (bicyclic) bond motifs is 1. The van der Waals surface area contributed by atoms with Crippen molar-refractivity contribution in [3.8, 4) is 5.75 Å². The maximum absolute atomic E-state index is 10.9. The molecule has 90 valence electrons. The number of hydrogen-bond donors (Lipinski definition) is 1. The minimum Gasteiger partial charge on any atom is -0.494 e. The molecular weight excluding hydrogens is 220 g/mol. The van der Waals surface area contributed by atoms with Crippen LogP contribution >= 0.6 is 0 Å². The molecule has 0 aliphatic rings. The van der Waals surface area contributed by atoms with Gasteiger partial charge in [0.15, 0.2) is 0 Å². The topological polar surface area (TPSA) is 59.7 Å². The van der Waals surface area contributed by atoms with Crippen LogP contribution in [0, 0.1) is 6.92 Å². The van der Waals surface area contributed by atoms with Crippen molar-refractivity contribution in [2.45, 2.75) is 20.3 Å². The summed E-state index contributed by atoms with van der Waals surface area (Å²) in [6.45, 7) is 4.41. The first-order valence-electron chi connectivity index (χ1n) is 5.52. The van der Waals surface area contributed by atoms with E-state index >= 15 is 0 Å². The van der Waals surface area contributed by atoms with E-state index in [1.807, 2.05) is 13.0 Å². The first-order chi connectivity index (χ1) is 8.13. The van der Waals surface area contributed by atoms with Crippen molar-refractivity contribution in [1.29, 1.82) is 0 Å². The van der Waals surface area contributed by atoms with Crippen LogP contribution in [0.4, 0.5) is 0 Å². The average Bonchev–Trinajstić information content (AvgIpc) is 2.64. The third-order valence-corrected chi connectivity index (χ3v) is 2.57. The second-order valence-electron chi connectivity index (χ2n) is 3.87. The third kappa shape index (κ3) is 2.11. The molecule has 0 radical (unpaired) electrons.